The van der Waals surface area contributed by atoms with Crippen LogP contribution in [0, 0.1) is 0 Å². The van der Waals surface area contributed by atoms with Gasteiger partial charge in [0.25, 0.3) is 0 Å². The maximum Gasteiger partial charge on any atom is 0.411 e. The van der Waals surface area contributed by atoms with E-state index in [0.29, 0.717) is 31.3 Å². The van der Waals surface area contributed by atoms with Crippen molar-refractivity contribution < 1.29 is 14.3 Å². The summed E-state index contributed by atoms with van der Waals surface area (Å²) in [6.07, 6.45) is 1.67. The highest BCUT2D eigenvalue weighted by atomic mass is 16.5. The maximum absolute atomic E-state index is 11.8. The van der Waals surface area contributed by atoms with E-state index in [1.807, 2.05) is 24.3 Å². The number of anilines is 2. The number of hydrogen-bond donors (Lipinski definition) is 1. The van der Waals surface area contributed by atoms with Crippen LogP contribution in [0.5, 0.6) is 0 Å². The minimum Gasteiger partial charge on any atom is -0.450 e. The minimum atomic E-state index is -0.469. The van der Waals surface area contributed by atoms with Crippen molar-refractivity contribution in [2.24, 2.45) is 0 Å². The summed E-state index contributed by atoms with van der Waals surface area (Å²) in [5, 5.41) is 4.89. The molecule has 0 spiro atoms. The van der Waals surface area contributed by atoms with Crippen molar-refractivity contribution in [1.82, 2.24) is 19.4 Å². The molecule has 4 aromatic rings. The number of carbonyl (C=O) groups is 1. The summed E-state index contributed by atoms with van der Waals surface area (Å²) in [6.45, 7) is 6.90. The van der Waals surface area contributed by atoms with E-state index in [4.69, 9.17) is 19.4 Å². The first-order valence-corrected chi connectivity index (χ1v) is 12.3. The molecule has 0 radical (unpaired) electrons. The molecular formula is C27H32N6O3. The molecule has 2 aromatic heterocycles. The molecule has 0 saturated carbocycles. The van der Waals surface area contributed by atoms with E-state index in [2.05, 4.69) is 58.2 Å². The van der Waals surface area contributed by atoms with Crippen molar-refractivity contribution >= 4 is 39.4 Å². The van der Waals surface area contributed by atoms with Crippen molar-refractivity contribution in [3.63, 3.8) is 0 Å². The van der Waals surface area contributed by atoms with Crippen LogP contribution in [0.4, 0.5) is 16.3 Å². The average Bonchev–Trinajstić information content (AvgIpc) is 3.31. The van der Waals surface area contributed by atoms with Gasteiger partial charge in [-0.25, -0.2) is 14.8 Å². The molecule has 9 nitrogen and oxygen atoms in total. The number of rotatable bonds is 7. The van der Waals surface area contributed by atoms with E-state index >= 15 is 0 Å². The summed E-state index contributed by atoms with van der Waals surface area (Å²) in [7, 11) is 4.17. The van der Waals surface area contributed by atoms with Crippen LogP contribution in [0.25, 0.3) is 33.2 Å². The third-order valence-corrected chi connectivity index (χ3v) is 6.36. The fourth-order valence-electron chi connectivity index (χ4n) is 4.48. The predicted octanol–water partition coefficient (Wildman–Crippen LogP) is 4.22. The van der Waals surface area contributed by atoms with Crippen LogP contribution in [0.1, 0.15) is 6.92 Å². The second-order valence-electron chi connectivity index (χ2n) is 9.10. The lowest BCUT2D eigenvalue weighted by atomic mass is 10.1. The molecule has 0 aliphatic carbocycles. The first kappa shape index (κ1) is 24.0. The van der Waals surface area contributed by atoms with Gasteiger partial charge in [0.1, 0.15) is 5.82 Å². The number of amides is 1. The van der Waals surface area contributed by atoms with Crippen molar-refractivity contribution in [2.75, 3.05) is 63.8 Å². The van der Waals surface area contributed by atoms with E-state index in [1.165, 1.54) is 0 Å². The Bertz CT molecular complexity index is 1360. The summed E-state index contributed by atoms with van der Waals surface area (Å²) >= 11 is 0. The number of ether oxygens (including phenoxy) is 2. The number of carbonyl (C=O) groups excluding carboxylic acids is 1. The highest BCUT2D eigenvalue weighted by molar-refractivity contribution is 6.08. The zero-order valence-electron chi connectivity index (χ0n) is 21.0. The SMILES string of the molecule is CCOC(=O)Nc1ccc(-c2nc(N3CCOCC3)c3ccc4c(ccn4CCN(C)C)c3n2)cc1. The molecule has 1 fully saturated rings. The van der Waals surface area contributed by atoms with Crippen LogP contribution in [0.2, 0.25) is 0 Å². The monoisotopic (exact) mass is 488 g/mol. The van der Waals surface area contributed by atoms with Gasteiger partial charge in [-0.05, 0) is 63.5 Å². The topological polar surface area (TPSA) is 84.8 Å². The van der Waals surface area contributed by atoms with Gasteiger partial charge in [0, 0.05) is 54.4 Å². The lowest BCUT2D eigenvalue weighted by molar-refractivity contribution is 0.122. The molecule has 0 unspecified atom stereocenters. The van der Waals surface area contributed by atoms with Crippen LogP contribution < -0.4 is 10.2 Å². The van der Waals surface area contributed by atoms with Gasteiger partial charge in [0.2, 0.25) is 0 Å². The van der Waals surface area contributed by atoms with Crippen LogP contribution >= 0.6 is 0 Å². The Morgan fingerprint density at radius 3 is 2.56 bits per heavy atom. The number of fused-ring (bicyclic) bond motifs is 3. The summed E-state index contributed by atoms with van der Waals surface area (Å²) in [5.74, 6) is 1.58. The quantitative estimate of drug-likeness (QED) is 0.417. The Hall–Kier alpha value is -3.69. The molecule has 36 heavy (non-hydrogen) atoms. The Labute approximate surface area is 210 Å². The van der Waals surface area contributed by atoms with E-state index in [0.717, 1.165) is 59.4 Å². The molecule has 1 saturated heterocycles. The summed E-state index contributed by atoms with van der Waals surface area (Å²) in [4.78, 5) is 26.3. The fraction of sp³-hybridized carbons (Fsp3) is 0.370. The van der Waals surface area contributed by atoms with Crippen LogP contribution in [-0.4, -0.2) is 79.1 Å². The summed E-state index contributed by atoms with van der Waals surface area (Å²) in [6, 6.07) is 14.0. The Morgan fingerprint density at radius 2 is 1.83 bits per heavy atom. The third kappa shape index (κ3) is 4.98. The Balaban J connectivity index is 1.58. The first-order chi connectivity index (χ1) is 17.5. The fourth-order valence-corrected chi connectivity index (χ4v) is 4.48. The van der Waals surface area contributed by atoms with Crippen molar-refractivity contribution in [3.05, 3.63) is 48.7 Å². The van der Waals surface area contributed by atoms with Crippen molar-refractivity contribution in [3.8, 4) is 11.4 Å². The summed E-state index contributed by atoms with van der Waals surface area (Å²) in [5.41, 5.74) is 3.64. The third-order valence-electron chi connectivity index (χ3n) is 6.36. The van der Waals surface area contributed by atoms with E-state index in [1.54, 1.807) is 6.92 Å². The molecule has 2 aromatic carbocycles. The number of benzene rings is 2. The highest BCUT2D eigenvalue weighted by Gasteiger charge is 2.20. The molecule has 1 amide bonds. The number of likely N-dealkylation sites (N-methyl/N-ethyl adjacent to an activating group) is 1. The standard InChI is InChI=1S/C27H32N6O3/c1-4-36-27(34)28-20-7-5-19(6-8-20)25-29-24-21-11-12-32(14-13-31(2)3)23(21)10-9-22(24)26(30-25)33-15-17-35-18-16-33/h5-12H,4,13-18H2,1-3H3,(H,28,34). The summed E-state index contributed by atoms with van der Waals surface area (Å²) < 4.78 is 12.8. The zero-order valence-corrected chi connectivity index (χ0v) is 21.0. The number of nitrogens with zero attached hydrogens (tertiary/aromatic N) is 5. The predicted molar refractivity (Wildman–Crippen MR) is 143 cm³/mol. The smallest absolute Gasteiger partial charge is 0.411 e. The maximum atomic E-state index is 11.8. The molecule has 3 heterocycles. The molecule has 5 rings (SSSR count). The van der Waals surface area contributed by atoms with Crippen molar-refractivity contribution in [2.45, 2.75) is 13.5 Å². The lowest BCUT2D eigenvalue weighted by Gasteiger charge is -2.29. The molecule has 188 valence electrons. The van der Waals surface area contributed by atoms with Gasteiger partial charge in [-0.1, -0.05) is 0 Å². The van der Waals surface area contributed by atoms with Gasteiger partial charge in [0.05, 0.1) is 30.9 Å². The van der Waals surface area contributed by atoms with Crippen LogP contribution in [0.15, 0.2) is 48.7 Å². The Kier molecular flexibility index (Phi) is 7.02. The molecular weight excluding hydrogens is 456 g/mol. The van der Waals surface area contributed by atoms with Crippen LogP contribution in [0.3, 0.4) is 0 Å². The van der Waals surface area contributed by atoms with Gasteiger partial charge in [-0.15, -0.1) is 0 Å². The first-order valence-electron chi connectivity index (χ1n) is 12.3. The normalized spacial score (nSPS) is 14.1. The molecule has 1 aliphatic rings. The van der Waals surface area contributed by atoms with Crippen LogP contribution in [-0.2, 0) is 16.0 Å². The second-order valence-corrected chi connectivity index (χ2v) is 9.10. The van der Waals surface area contributed by atoms with Gasteiger partial charge in [-0.2, -0.15) is 0 Å². The van der Waals surface area contributed by atoms with Gasteiger partial charge in [0.15, 0.2) is 5.82 Å². The number of aromatic nitrogens is 3. The Morgan fingerprint density at radius 1 is 1.06 bits per heavy atom. The molecule has 0 bridgehead atoms. The molecule has 0 atom stereocenters. The molecule has 1 N–H and O–H groups in total. The van der Waals surface area contributed by atoms with E-state index in [9.17, 15) is 4.79 Å². The second kappa shape index (κ2) is 10.5. The molecule has 1 aliphatic heterocycles. The van der Waals surface area contributed by atoms with E-state index in [-0.39, 0.29) is 0 Å². The minimum absolute atomic E-state index is 0.324. The van der Waals surface area contributed by atoms with E-state index < -0.39 is 6.09 Å². The van der Waals surface area contributed by atoms with Gasteiger partial charge < -0.3 is 23.8 Å². The lowest BCUT2D eigenvalue weighted by Crippen LogP contribution is -2.37. The number of morpholine rings is 1. The number of nitrogens with one attached hydrogen (secondary N) is 1. The zero-order chi connectivity index (χ0) is 25.1. The average molecular weight is 489 g/mol. The highest BCUT2D eigenvalue weighted by Crippen LogP contribution is 2.33. The van der Waals surface area contributed by atoms with Gasteiger partial charge >= 0.3 is 6.09 Å². The molecule has 9 heteroatoms. The largest absolute Gasteiger partial charge is 0.450 e. The number of hydrogen-bond acceptors (Lipinski definition) is 7. The van der Waals surface area contributed by atoms with Crippen molar-refractivity contribution in [1.29, 1.82) is 0 Å². The van der Waals surface area contributed by atoms with Gasteiger partial charge in [-0.3, -0.25) is 5.32 Å².